The van der Waals surface area contributed by atoms with Crippen molar-refractivity contribution in [2.45, 2.75) is 12.3 Å². The molecule has 0 spiro atoms. The zero-order chi connectivity index (χ0) is 16.6. The zero-order valence-electron chi connectivity index (χ0n) is 12.4. The second-order valence-corrected chi connectivity index (χ2v) is 8.16. The van der Waals surface area contributed by atoms with Crippen LogP contribution in [0.25, 0.3) is 11.6 Å². The molecule has 0 bridgehead atoms. The average Bonchev–Trinajstić information content (AvgIpc) is 3.11. The van der Waals surface area contributed by atoms with Crippen LogP contribution in [0.5, 0.6) is 0 Å². The van der Waals surface area contributed by atoms with Crippen LogP contribution in [0.2, 0.25) is 0 Å². The molecule has 116 valence electrons. The first-order valence-corrected chi connectivity index (χ1v) is 9.25. The number of hydrogen-bond donors (Lipinski definition) is 0. The highest BCUT2D eigenvalue weighted by atomic mass is 79.9. The molecule has 3 aliphatic rings. The van der Waals surface area contributed by atoms with E-state index in [1.165, 1.54) is 0 Å². The topological polar surface area (TPSA) is 34.1 Å². The molecule has 24 heavy (non-hydrogen) atoms. The molecule has 0 fully saturated rings. The van der Waals surface area contributed by atoms with Gasteiger partial charge in [0, 0.05) is 32.1 Å². The summed E-state index contributed by atoms with van der Waals surface area (Å²) in [5.74, 6) is -0.375. The van der Waals surface area contributed by atoms with E-state index in [-0.39, 0.29) is 11.6 Å². The van der Waals surface area contributed by atoms with Crippen LogP contribution in [-0.4, -0.2) is 11.6 Å². The first kappa shape index (κ1) is 14.6. The Morgan fingerprint density at radius 2 is 1.71 bits per heavy atom. The second kappa shape index (κ2) is 4.87. The van der Waals surface area contributed by atoms with Crippen LogP contribution in [0.15, 0.2) is 56.5 Å². The Bertz CT molecular complexity index is 1040. The van der Waals surface area contributed by atoms with Crippen LogP contribution in [0.3, 0.4) is 0 Å². The van der Waals surface area contributed by atoms with Gasteiger partial charge >= 0.3 is 0 Å². The normalized spacial score (nSPS) is 20.6. The van der Waals surface area contributed by atoms with Crippen LogP contribution in [0.4, 0.5) is 0 Å². The van der Waals surface area contributed by atoms with Gasteiger partial charge in [-0.05, 0) is 52.6 Å². The number of rotatable bonds is 0. The molecule has 0 amide bonds. The summed E-state index contributed by atoms with van der Waals surface area (Å²) in [6.45, 7) is 0. The second-order valence-electron chi connectivity index (χ2n) is 6.33. The number of fused-ring (bicyclic) bond motifs is 5. The zero-order valence-corrected chi connectivity index (χ0v) is 15.6. The molecule has 0 N–H and O–H groups in total. The van der Waals surface area contributed by atoms with Crippen LogP contribution in [0, 0.1) is 0 Å². The Morgan fingerprint density at radius 1 is 0.958 bits per heavy atom. The largest absolute Gasteiger partial charge is 0.293 e. The third-order valence-corrected chi connectivity index (χ3v) is 6.03. The SMILES string of the molecule is O=C1C2=Cc3ccc(Br)cc3C2C(=O)C2=C1c1cc(Br)ccc1C2. The molecule has 3 aliphatic carbocycles. The van der Waals surface area contributed by atoms with Crippen molar-refractivity contribution in [2.24, 2.45) is 0 Å². The van der Waals surface area contributed by atoms with E-state index in [0.717, 1.165) is 31.2 Å². The molecule has 1 unspecified atom stereocenters. The van der Waals surface area contributed by atoms with Gasteiger partial charge < -0.3 is 0 Å². The third-order valence-electron chi connectivity index (χ3n) is 5.04. The maximum Gasteiger partial charge on any atom is 0.191 e. The maximum atomic E-state index is 13.2. The van der Waals surface area contributed by atoms with E-state index in [4.69, 9.17) is 0 Å². The van der Waals surface area contributed by atoms with E-state index in [0.29, 0.717) is 23.1 Å². The quantitative estimate of drug-likeness (QED) is 0.585. The molecular weight excluding hydrogens is 432 g/mol. The van der Waals surface area contributed by atoms with Crippen LogP contribution in [0.1, 0.15) is 28.2 Å². The molecule has 0 aromatic heterocycles. The number of ketones is 2. The van der Waals surface area contributed by atoms with Gasteiger partial charge in [-0.2, -0.15) is 0 Å². The number of carbonyl (C=O) groups is 2. The van der Waals surface area contributed by atoms with Crippen molar-refractivity contribution in [1.82, 2.24) is 0 Å². The van der Waals surface area contributed by atoms with Gasteiger partial charge in [-0.15, -0.1) is 0 Å². The average molecular weight is 442 g/mol. The summed E-state index contributed by atoms with van der Waals surface area (Å²) in [7, 11) is 0. The number of allylic oxidation sites excluding steroid dienone is 3. The summed E-state index contributed by atoms with van der Waals surface area (Å²) in [5, 5.41) is 0. The number of halogens is 2. The first-order valence-electron chi connectivity index (χ1n) is 7.66. The Morgan fingerprint density at radius 3 is 2.54 bits per heavy atom. The Balaban J connectivity index is 1.73. The molecule has 2 nitrogen and oxygen atoms in total. The highest BCUT2D eigenvalue weighted by Crippen LogP contribution is 2.49. The molecule has 2 aromatic rings. The molecule has 0 radical (unpaired) electrons. The summed E-state index contributed by atoms with van der Waals surface area (Å²) < 4.78 is 1.85. The van der Waals surface area contributed by atoms with Crippen molar-refractivity contribution >= 4 is 55.1 Å². The minimum atomic E-state index is -0.443. The van der Waals surface area contributed by atoms with E-state index in [9.17, 15) is 9.59 Å². The predicted molar refractivity (Wildman–Crippen MR) is 99.6 cm³/mol. The fourth-order valence-corrected chi connectivity index (χ4v) is 4.73. The van der Waals surface area contributed by atoms with Crippen molar-refractivity contribution in [3.05, 3.63) is 78.7 Å². The van der Waals surface area contributed by atoms with Gasteiger partial charge in [0.05, 0.1) is 5.92 Å². The Hall–Kier alpha value is -1.78. The predicted octanol–water partition coefficient (Wildman–Crippen LogP) is 4.85. The molecule has 5 rings (SSSR count). The highest BCUT2D eigenvalue weighted by Gasteiger charge is 2.45. The van der Waals surface area contributed by atoms with E-state index in [1.54, 1.807) is 0 Å². The standard InChI is InChI=1S/C20H10Br2O2/c21-11-3-1-9-5-15-17(13(9)7-11)20(24)16-6-10-2-4-12(22)8-14(10)18(16)19(15)23/h1-5,7-8,17H,6H2. The lowest BCUT2D eigenvalue weighted by Crippen LogP contribution is -2.26. The summed E-state index contributed by atoms with van der Waals surface area (Å²) in [6, 6.07) is 11.8. The number of carbonyl (C=O) groups excluding carboxylic acids is 2. The lowest BCUT2D eigenvalue weighted by molar-refractivity contribution is -0.119. The Labute approximate surface area is 155 Å². The molecule has 1 atom stereocenters. The van der Waals surface area contributed by atoms with Crippen LogP contribution < -0.4 is 0 Å². The molecule has 0 saturated carbocycles. The van der Waals surface area contributed by atoms with Crippen LogP contribution in [-0.2, 0) is 16.0 Å². The minimum Gasteiger partial charge on any atom is -0.293 e. The van der Waals surface area contributed by atoms with Gasteiger partial charge in [0.15, 0.2) is 11.6 Å². The summed E-state index contributed by atoms with van der Waals surface area (Å²) in [4.78, 5) is 26.3. The van der Waals surface area contributed by atoms with Gasteiger partial charge in [-0.3, -0.25) is 9.59 Å². The fourth-order valence-electron chi connectivity index (χ4n) is 3.99. The summed E-state index contributed by atoms with van der Waals surface area (Å²) in [5.41, 5.74) is 5.74. The molecule has 0 heterocycles. The van der Waals surface area contributed by atoms with Gasteiger partial charge in [-0.1, -0.05) is 44.0 Å². The molecule has 2 aromatic carbocycles. The van der Waals surface area contributed by atoms with Crippen molar-refractivity contribution in [3.63, 3.8) is 0 Å². The van der Waals surface area contributed by atoms with Crippen molar-refractivity contribution in [3.8, 4) is 0 Å². The van der Waals surface area contributed by atoms with Crippen LogP contribution >= 0.6 is 31.9 Å². The number of benzene rings is 2. The molecule has 0 saturated heterocycles. The van der Waals surface area contributed by atoms with Crippen molar-refractivity contribution < 1.29 is 9.59 Å². The van der Waals surface area contributed by atoms with Gasteiger partial charge in [0.1, 0.15) is 0 Å². The van der Waals surface area contributed by atoms with E-state index in [2.05, 4.69) is 31.9 Å². The fraction of sp³-hybridized carbons (Fsp3) is 0.100. The third kappa shape index (κ3) is 1.81. The first-order chi connectivity index (χ1) is 11.5. The number of hydrogen-bond acceptors (Lipinski definition) is 2. The lowest BCUT2D eigenvalue weighted by Gasteiger charge is -2.22. The maximum absolute atomic E-state index is 13.2. The van der Waals surface area contributed by atoms with Gasteiger partial charge in [0.25, 0.3) is 0 Å². The van der Waals surface area contributed by atoms with Crippen molar-refractivity contribution in [1.29, 1.82) is 0 Å². The van der Waals surface area contributed by atoms with Crippen molar-refractivity contribution in [2.75, 3.05) is 0 Å². The lowest BCUT2D eigenvalue weighted by atomic mass is 9.77. The van der Waals surface area contributed by atoms with E-state index in [1.807, 2.05) is 42.5 Å². The number of Topliss-reactive ketones (excluding diaryl/α,β-unsaturated/α-hetero) is 2. The highest BCUT2D eigenvalue weighted by molar-refractivity contribution is 9.10. The molecular formula is C20H10Br2O2. The van der Waals surface area contributed by atoms with Gasteiger partial charge in [0.2, 0.25) is 0 Å². The summed E-state index contributed by atoms with van der Waals surface area (Å²) >= 11 is 6.93. The van der Waals surface area contributed by atoms with E-state index < -0.39 is 5.92 Å². The van der Waals surface area contributed by atoms with E-state index >= 15 is 0 Å². The monoisotopic (exact) mass is 440 g/mol. The van der Waals surface area contributed by atoms with Gasteiger partial charge in [-0.25, -0.2) is 0 Å². The molecule has 0 aliphatic heterocycles. The molecule has 4 heteroatoms. The smallest absolute Gasteiger partial charge is 0.191 e. The Kier molecular flexibility index (Phi) is 2.95. The minimum absolute atomic E-state index is 0.00114. The summed E-state index contributed by atoms with van der Waals surface area (Å²) in [6.07, 6.45) is 2.43.